The lowest BCUT2D eigenvalue weighted by Crippen LogP contribution is -2.24. The first-order chi connectivity index (χ1) is 9.83. The lowest BCUT2D eigenvalue weighted by molar-refractivity contribution is 0.902. The molecule has 0 atom stereocenters. The second-order valence-corrected chi connectivity index (χ2v) is 5.47. The molecule has 0 radical (unpaired) electrons. The van der Waals surface area contributed by atoms with Crippen LogP contribution in [0.5, 0.6) is 0 Å². The second-order valence-electron chi connectivity index (χ2n) is 4.56. The molecule has 3 nitrogen and oxygen atoms in total. The Balaban J connectivity index is 1.72. The van der Waals surface area contributed by atoms with Gasteiger partial charge in [0.2, 0.25) is 0 Å². The van der Waals surface area contributed by atoms with E-state index in [4.69, 9.17) is 0 Å². The number of aliphatic imine (C=N–C) groups is 1. The summed E-state index contributed by atoms with van der Waals surface area (Å²) in [5.74, 6) is 0.847. The maximum atomic E-state index is 4.50. The van der Waals surface area contributed by atoms with E-state index in [1.807, 2.05) is 30.3 Å². The van der Waals surface area contributed by atoms with Crippen molar-refractivity contribution in [3.63, 3.8) is 0 Å². The largest absolute Gasteiger partial charge is 0.266 e. The summed E-state index contributed by atoms with van der Waals surface area (Å²) in [6, 6.07) is 16.3. The molecule has 0 aliphatic carbocycles. The topological polar surface area (TPSA) is 36.8 Å². The van der Waals surface area contributed by atoms with Gasteiger partial charge in [0.05, 0.1) is 6.21 Å². The Bertz CT molecular complexity index is 660. The number of nitrogens with one attached hydrogen (secondary N) is 1. The van der Waals surface area contributed by atoms with E-state index < -0.39 is 0 Å². The summed E-state index contributed by atoms with van der Waals surface area (Å²) in [5.41, 5.74) is 6.56. The van der Waals surface area contributed by atoms with Crippen LogP contribution in [-0.4, -0.2) is 18.6 Å². The molecule has 2 aromatic carbocycles. The molecule has 1 aliphatic heterocycles. The van der Waals surface area contributed by atoms with Gasteiger partial charge in [0.25, 0.3) is 0 Å². The summed E-state index contributed by atoms with van der Waals surface area (Å²) in [4.78, 5) is 4.50. The molecule has 4 heteroatoms. The minimum absolute atomic E-state index is 0.813. The van der Waals surface area contributed by atoms with Crippen LogP contribution in [0.4, 0.5) is 0 Å². The number of amidine groups is 1. The van der Waals surface area contributed by atoms with Crippen molar-refractivity contribution in [1.82, 2.24) is 5.43 Å². The Kier molecular flexibility index (Phi) is 3.92. The van der Waals surface area contributed by atoms with Crippen molar-refractivity contribution in [2.75, 3.05) is 6.54 Å². The van der Waals surface area contributed by atoms with Crippen LogP contribution in [0.2, 0.25) is 0 Å². The van der Waals surface area contributed by atoms with E-state index in [2.05, 4.69) is 49.6 Å². The number of halogens is 1. The molecule has 100 valence electrons. The van der Waals surface area contributed by atoms with Crippen molar-refractivity contribution in [3.8, 4) is 0 Å². The Labute approximate surface area is 126 Å². The summed E-state index contributed by atoms with van der Waals surface area (Å²) in [7, 11) is 0. The quantitative estimate of drug-likeness (QED) is 0.666. The summed E-state index contributed by atoms with van der Waals surface area (Å²) in [6.07, 6.45) is 2.80. The zero-order valence-electron chi connectivity index (χ0n) is 10.9. The predicted molar refractivity (Wildman–Crippen MR) is 86.4 cm³/mol. The van der Waals surface area contributed by atoms with Crippen molar-refractivity contribution in [2.24, 2.45) is 10.1 Å². The molecule has 2 aromatic rings. The van der Waals surface area contributed by atoms with Gasteiger partial charge < -0.3 is 0 Å². The van der Waals surface area contributed by atoms with Gasteiger partial charge in [0, 0.05) is 16.6 Å². The van der Waals surface area contributed by atoms with Crippen molar-refractivity contribution in [3.05, 3.63) is 69.7 Å². The van der Waals surface area contributed by atoms with E-state index >= 15 is 0 Å². The fourth-order valence-corrected chi connectivity index (χ4v) is 2.42. The molecule has 1 heterocycles. The number of rotatable bonds is 2. The third-order valence-electron chi connectivity index (χ3n) is 3.18. The van der Waals surface area contributed by atoms with Gasteiger partial charge in [-0.05, 0) is 29.7 Å². The molecule has 0 spiro atoms. The summed E-state index contributed by atoms with van der Waals surface area (Å²) in [5, 5.41) is 4.27. The highest BCUT2D eigenvalue weighted by Gasteiger charge is 2.12. The van der Waals surface area contributed by atoms with E-state index in [9.17, 15) is 0 Å². The van der Waals surface area contributed by atoms with Crippen LogP contribution < -0.4 is 5.43 Å². The van der Waals surface area contributed by atoms with Crippen molar-refractivity contribution in [1.29, 1.82) is 0 Å². The van der Waals surface area contributed by atoms with Crippen molar-refractivity contribution >= 4 is 28.0 Å². The molecule has 1 N–H and O–H groups in total. The average molecular weight is 328 g/mol. The Morgan fingerprint density at radius 1 is 1.10 bits per heavy atom. The van der Waals surface area contributed by atoms with E-state index in [1.165, 1.54) is 5.56 Å². The Morgan fingerprint density at radius 2 is 1.90 bits per heavy atom. The van der Waals surface area contributed by atoms with Gasteiger partial charge in [0.1, 0.15) is 5.84 Å². The molecule has 0 saturated heterocycles. The lowest BCUT2D eigenvalue weighted by atomic mass is 10.0. The third kappa shape index (κ3) is 2.96. The zero-order chi connectivity index (χ0) is 13.8. The summed E-state index contributed by atoms with van der Waals surface area (Å²) in [6.45, 7) is 0.813. The number of hydrazone groups is 1. The molecule has 1 aliphatic rings. The maximum absolute atomic E-state index is 4.50. The minimum Gasteiger partial charge on any atom is -0.266 e. The standard InChI is InChI=1S/C16H14BrN3/c17-14-7-5-12(6-8-14)11-19-20-16-15-4-2-1-3-13(15)9-10-18-16/h1-8,11H,9-10H2,(H,18,20). The Hall–Kier alpha value is -1.94. The number of hydrogen-bond donors (Lipinski definition) is 1. The second kappa shape index (κ2) is 6.01. The van der Waals surface area contributed by atoms with Gasteiger partial charge >= 0.3 is 0 Å². The van der Waals surface area contributed by atoms with Gasteiger partial charge in [-0.15, -0.1) is 0 Å². The number of benzene rings is 2. The van der Waals surface area contributed by atoms with E-state index in [0.29, 0.717) is 0 Å². The Morgan fingerprint density at radius 3 is 2.75 bits per heavy atom. The summed E-state index contributed by atoms with van der Waals surface area (Å²) < 4.78 is 1.06. The number of nitrogens with zero attached hydrogens (tertiary/aromatic N) is 2. The molecule has 0 saturated carbocycles. The van der Waals surface area contributed by atoms with Crippen molar-refractivity contribution in [2.45, 2.75) is 6.42 Å². The normalized spacial score (nSPS) is 13.9. The first kappa shape index (κ1) is 13.1. The number of fused-ring (bicyclic) bond motifs is 1. The molecule has 0 amide bonds. The van der Waals surface area contributed by atoms with Crippen LogP contribution in [0.3, 0.4) is 0 Å². The number of hydrogen-bond acceptors (Lipinski definition) is 3. The summed E-state index contributed by atoms with van der Waals surface area (Å²) >= 11 is 3.41. The fraction of sp³-hybridized carbons (Fsp3) is 0.125. The van der Waals surface area contributed by atoms with Crippen LogP contribution in [0.25, 0.3) is 0 Å². The van der Waals surface area contributed by atoms with Gasteiger partial charge in [-0.3, -0.25) is 10.4 Å². The highest BCUT2D eigenvalue weighted by Crippen LogP contribution is 2.14. The molecule has 0 aromatic heterocycles. The van der Waals surface area contributed by atoms with Crippen LogP contribution in [-0.2, 0) is 6.42 Å². The average Bonchev–Trinajstić information content (AvgIpc) is 2.49. The maximum Gasteiger partial charge on any atom is 0.149 e. The first-order valence-electron chi connectivity index (χ1n) is 6.50. The molecular formula is C16H14BrN3. The van der Waals surface area contributed by atoms with E-state index in [0.717, 1.165) is 34.4 Å². The van der Waals surface area contributed by atoms with Gasteiger partial charge in [0.15, 0.2) is 0 Å². The fourth-order valence-electron chi connectivity index (χ4n) is 2.16. The van der Waals surface area contributed by atoms with Crippen LogP contribution in [0, 0.1) is 0 Å². The molecule has 3 rings (SSSR count). The minimum atomic E-state index is 0.813. The lowest BCUT2D eigenvalue weighted by Gasteiger charge is -2.15. The van der Waals surface area contributed by atoms with E-state index in [1.54, 1.807) is 6.21 Å². The van der Waals surface area contributed by atoms with Crippen LogP contribution >= 0.6 is 15.9 Å². The molecule has 20 heavy (non-hydrogen) atoms. The van der Waals surface area contributed by atoms with E-state index in [-0.39, 0.29) is 0 Å². The third-order valence-corrected chi connectivity index (χ3v) is 3.71. The molecule has 0 fully saturated rings. The smallest absolute Gasteiger partial charge is 0.149 e. The van der Waals surface area contributed by atoms with Gasteiger partial charge in [-0.25, -0.2) is 0 Å². The highest BCUT2D eigenvalue weighted by molar-refractivity contribution is 9.10. The molecular weight excluding hydrogens is 314 g/mol. The monoisotopic (exact) mass is 327 g/mol. The predicted octanol–water partition coefficient (Wildman–Crippen LogP) is 3.38. The van der Waals surface area contributed by atoms with Crippen LogP contribution in [0.1, 0.15) is 16.7 Å². The first-order valence-corrected chi connectivity index (χ1v) is 7.29. The zero-order valence-corrected chi connectivity index (χ0v) is 12.5. The SMILES string of the molecule is Brc1ccc(C=NNC2=NCCc3ccccc32)cc1. The highest BCUT2D eigenvalue weighted by atomic mass is 79.9. The van der Waals surface area contributed by atoms with Gasteiger partial charge in [-0.2, -0.15) is 5.10 Å². The van der Waals surface area contributed by atoms with Crippen molar-refractivity contribution < 1.29 is 0 Å². The van der Waals surface area contributed by atoms with Gasteiger partial charge in [-0.1, -0.05) is 52.3 Å². The molecule has 0 unspecified atom stereocenters. The van der Waals surface area contributed by atoms with Crippen LogP contribution in [0.15, 0.2) is 63.1 Å². The molecule has 0 bridgehead atoms.